The zero-order valence-electron chi connectivity index (χ0n) is 5.57. The molecule has 2 unspecified atom stereocenters. The number of likely N-dealkylation sites (N-methyl/N-ethyl adjacent to an activating group) is 1. The SMILES string of the molecule is CN(C)C1OS(=O)OC1=O. The fourth-order valence-electron chi connectivity index (χ4n) is 0.538. The van der Waals surface area contributed by atoms with Crippen LogP contribution in [0.1, 0.15) is 0 Å². The summed E-state index contributed by atoms with van der Waals surface area (Å²) in [6.07, 6.45) is -0.819. The number of hydrogen-bond acceptors (Lipinski definition) is 5. The Morgan fingerprint density at radius 2 is 2.20 bits per heavy atom. The van der Waals surface area contributed by atoms with Gasteiger partial charge in [-0.1, -0.05) is 0 Å². The Morgan fingerprint density at radius 1 is 1.60 bits per heavy atom. The molecule has 6 heteroatoms. The standard InChI is InChI=1S/C4H7NO4S/c1-5(2)3-4(6)9-10(7)8-3/h3H,1-2H3. The highest BCUT2D eigenvalue weighted by Gasteiger charge is 2.35. The average Bonchev–Trinajstić information content (AvgIpc) is 2.10. The van der Waals surface area contributed by atoms with Gasteiger partial charge in [0.2, 0.25) is 6.23 Å². The Balaban J connectivity index is 2.63. The molecule has 0 radical (unpaired) electrons. The molecule has 0 spiro atoms. The first-order valence-electron chi connectivity index (χ1n) is 2.59. The molecule has 5 nitrogen and oxygen atoms in total. The van der Waals surface area contributed by atoms with Crippen LogP contribution in [0.2, 0.25) is 0 Å². The lowest BCUT2D eigenvalue weighted by Crippen LogP contribution is -2.33. The third-order valence-electron chi connectivity index (χ3n) is 0.991. The maximum atomic E-state index is 10.6. The number of carbonyl (C=O) groups is 1. The van der Waals surface area contributed by atoms with Crippen molar-refractivity contribution >= 4 is 17.3 Å². The molecule has 58 valence electrons. The Morgan fingerprint density at radius 3 is 2.40 bits per heavy atom. The lowest BCUT2D eigenvalue weighted by atomic mass is 10.5. The molecule has 10 heavy (non-hydrogen) atoms. The summed E-state index contributed by atoms with van der Waals surface area (Å²) in [4.78, 5) is 12.1. The zero-order valence-corrected chi connectivity index (χ0v) is 6.38. The topological polar surface area (TPSA) is 55.8 Å². The van der Waals surface area contributed by atoms with E-state index >= 15 is 0 Å². The Kier molecular flexibility index (Phi) is 2.02. The highest BCUT2D eigenvalue weighted by molar-refractivity contribution is 7.76. The van der Waals surface area contributed by atoms with E-state index < -0.39 is 23.6 Å². The smallest absolute Gasteiger partial charge is 0.339 e. The van der Waals surface area contributed by atoms with E-state index in [-0.39, 0.29) is 0 Å². The van der Waals surface area contributed by atoms with E-state index in [2.05, 4.69) is 8.37 Å². The molecule has 0 saturated carbocycles. The molecular formula is C4H7NO4S. The molecule has 1 rings (SSSR count). The normalized spacial score (nSPS) is 32.9. The van der Waals surface area contributed by atoms with Gasteiger partial charge >= 0.3 is 17.3 Å². The van der Waals surface area contributed by atoms with Crippen molar-refractivity contribution in [2.45, 2.75) is 6.23 Å². The number of rotatable bonds is 1. The van der Waals surface area contributed by atoms with Gasteiger partial charge in [0.25, 0.3) is 0 Å². The first-order chi connectivity index (χ1) is 4.61. The lowest BCUT2D eigenvalue weighted by molar-refractivity contribution is -0.141. The van der Waals surface area contributed by atoms with E-state index in [0.717, 1.165) is 0 Å². The molecule has 0 N–H and O–H groups in total. The first-order valence-corrected chi connectivity index (χ1v) is 3.59. The van der Waals surface area contributed by atoms with Crippen molar-refractivity contribution in [2.75, 3.05) is 14.1 Å². The largest absolute Gasteiger partial charge is 0.367 e. The van der Waals surface area contributed by atoms with Crippen molar-refractivity contribution in [1.82, 2.24) is 4.90 Å². The molecule has 0 amide bonds. The summed E-state index contributed by atoms with van der Waals surface area (Å²) < 4.78 is 19.2. The minimum atomic E-state index is -1.89. The van der Waals surface area contributed by atoms with Crippen LogP contribution in [0, 0.1) is 0 Å². The Hall–Kier alpha value is -0.460. The van der Waals surface area contributed by atoms with E-state index in [1.807, 2.05) is 0 Å². The van der Waals surface area contributed by atoms with E-state index in [0.29, 0.717) is 0 Å². The van der Waals surface area contributed by atoms with Crippen molar-refractivity contribution in [3.8, 4) is 0 Å². The van der Waals surface area contributed by atoms with Gasteiger partial charge in [0.15, 0.2) is 0 Å². The fourth-order valence-corrected chi connectivity index (χ4v) is 1.19. The van der Waals surface area contributed by atoms with Crippen LogP contribution in [0.5, 0.6) is 0 Å². The lowest BCUT2D eigenvalue weighted by Gasteiger charge is -2.10. The van der Waals surface area contributed by atoms with Crippen LogP contribution in [0.3, 0.4) is 0 Å². The van der Waals surface area contributed by atoms with Gasteiger partial charge < -0.3 is 4.18 Å². The van der Waals surface area contributed by atoms with Gasteiger partial charge in [-0.2, -0.15) is 4.21 Å². The van der Waals surface area contributed by atoms with Gasteiger partial charge in [-0.3, -0.25) is 4.90 Å². The van der Waals surface area contributed by atoms with E-state index in [4.69, 9.17) is 0 Å². The number of nitrogens with zero attached hydrogens (tertiary/aromatic N) is 1. The number of carbonyl (C=O) groups excluding carboxylic acids is 1. The Bertz CT molecular complexity index is 180. The third kappa shape index (κ3) is 1.34. The minimum Gasteiger partial charge on any atom is -0.339 e. The van der Waals surface area contributed by atoms with Crippen LogP contribution >= 0.6 is 0 Å². The van der Waals surface area contributed by atoms with Crippen molar-refractivity contribution in [1.29, 1.82) is 0 Å². The maximum absolute atomic E-state index is 10.6. The molecule has 1 aliphatic heterocycles. The summed E-state index contributed by atoms with van der Waals surface area (Å²) in [5.41, 5.74) is 0. The summed E-state index contributed by atoms with van der Waals surface area (Å²) in [5.74, 6) is -0.608. The van der Waals surface area contributed by atoms with Crippen molar-refractivity contribution in [3.05, 3.63) is 0 Å². The second-order valence-corrected chi connectivity index (χ2v) is 2.79. The summed E-state index contributed by atoms with van der Waals surface area (Å²) in [6.45, 7) is 0. The molecule has 1 aliphatic rings. The predicted octanol–water partition coefficient (Wildman–Crippen LogP) is -0.974. The number of hydrogen-bond donors (Lipinski definition) is 0. The van der Waals surface area contributed by atoms with Crippen molar-refractivity contribution in [2.24, 2.45) is 0 Å². The molecule has 2 atom stereocenters. The van der Waals surface area contributed by atoms with Crippen LogP contribution in [-0.4, -0.2) is 35.4 Å². The van der Waals surface area contributed by atoms with Gasteiger partial charge in [0, 0.05) is 0 Å². The first kappa shape index (κ1) is 7.64. The van der Waals surface area contributed by atoms with E-state index in [9.17, 15) is 9.00 Å². The highest BCUT2D eigenvalue weighted by Crippen LogP contribution is 2.11. The average molecular weight is 165 g/mol. The second kappa shape index (κ2) is 2.65. The monoisotopic (exact) mass is 165 g/mol. The summed E-state index contributed by atoms with van der Waals surface area (Å²) >= 11 is -1.89. The van der Waals surface area contributed by atoms with Crippen LogP contribution in [0.15, 0.2) is 0 Å². The fraction of sp³-hybridized carbons (Fsp3) is 0.750. The van der Waals surface area contributed by atoms with Crippen LogP contribution in [-0.2, 0) is 24.5 Å². The molecule has 0 aromatic rings. The molecule has 1 fully saturated rings. The molecule has 1 saturated heterocycles. The van der Waals surface area contributed by atoms with Crippen LogP contribution in [0.25, 0.3) is 0 Å². The third-order valence-corrected chi connectivity index (χ3v) is 1.63. The van der Waals surface area contributed by atoms with E-state index in [1.54, 1.807) is 14.1 Å². The van der Waals surface area contributed by atoms with E-state index in [1.165, 1.54) is 4.90 Å². The summed E-state index contributed by atoms with van der Waals surface area (Å²) in [6, 6.07) is 0. The van der Waals surface area contributed by atoms with Crippen molar-refractivity contribution < 1.29 is 17.4 Å². The van der Waals surface area contributed by atoms with Gasteiger partial charge in [0.05, 0.1) is 0 Å². The van der Waals surface area contributed by atoms with Gasteiger partial charge in [-0.25, -0.2) is 8.98 Å². The highest BCUT2D eigenvalue weighted by atomic mass is 32.2. The summed E-state index contributed by atoms with van der Waals surface area (Å²) in [5, 5.41) is 0. The zero-order chi connectivity index (χ0) is 7.72. The van der Waals surface area contributed by atoms with Gasteiger partial charge in [0.1, 0.15) is 0 Å². The molecule has 0 bridgehead atoms. The Labute approximate surface area is 60.8 Å². The molecular weight excluding hydrogens is 158 g/mol. The second-order valence-electron chi connectivity index (χ2n) is 2.02. The van der Waals surface area contributed by atoms with Crippen LogP contribution in [0.4, 0.5) is 0 Å². The predicted molar refractivity (Wildman–Crippen MR) is 32.8 cm³/mol. The van der Waals surface area contributed by atoms with Gasteiger partial charge in [-0.05, 0) is 14.1 Å². The molecule has 1 heterocycles. The summed E-state index contributed by atoms with van der Waals surface area (Å²) in [7, 11) is 3.27. The molecule has 0 aromatic carbocycles. The quantitative estimate of drug-likeness (QED) is 0.500. The minimum absolute atomic E-state index is 0.608. The maximum Gasteiger partial charge on any atom is 0.367 e. The van der Waals surface area contributed by atoms with Gasteiger partial charge in [-0.15, -0.1) is 0 Å². The van der Waals surface area contributed by atoms with Crippen molar-refractivity contribution in [3.63, 3.8) is 0 Å². The van der Waals surface area contributed by atoms with Crippen LogP contribution < -0.4 is 0 Å². The molecule has 0 aliphatic carbocycles. The molecule has 0 aromatic heterocycles.